The van der Waals surface area contributed by atoms with E-state index in [1.165, 1.54) is 0 Å². The summed E-state index contributed by atoms with van der Waals surface area (Å²) >= 11 is 0. The molecule has 0 aromatic rings. The molecule has 0 spiro atoms. The Morgan fingerprint density at radius 2 is 1.10 bits per heavy atom. The number of hydrogen-bond donors (Lipinski definition) is 3. The van der Waals surface area contributed by atoms with Gasteiger partial charge in [-0.25, -0.2) is 0 Å². The van der Waals surface area contributed by atoms with Crippen molar-refractivity contribution in [1.82, 2.24) is 0 Å². The van der Waals surface area contributed by atoms with E-state index in [-0.39, 0.29) is 97.1 Å². The average Bonchev–Trinajstić information content (AvgIpc) is 1.65. The van der Waals surface area contributed by atoms with Crippen LogP contribution in [0.15, 0.2) is 0 Å². The Kier molecular flexibility index (Phi) is 66.2. The van der Waals surface area contributed by atoms with Crippen LogP contribution in [-0.2, 0) is 0 Å². The second kappa shape index (κ2) is 22.5. The van der Waals surface area contributed by atoms with Gasteiger partial charge in [-0.2, -0.15) is 0 Å². The summed E-state index contributed by atoms with van der Waals surface area (Å²) in [5.41, 5.74) is 0. The van der Waals surface area contributed by atoms with Crippen molar-refractivity contribution in [2.45, 2.75) is 6.10 Å². The summed E-state index contributed by atoms with van der Waals surface area (Å²) in [6.07, 6.45) is -0.954. The van der Waals surface area contributed by atoms with Crippen LogP contribution in [0.3, 0.4) is 0 Å². The fraction of sp³-hybridized carbons (Fsp3) is 1.00. The third-order valence-corrected chi connectivity index (χ3v) is 0.421. The van der Waals surface area contributed by atoms with Crippen molar-refractivity contribution >= 4 is 0 Å². The zero-order valence-corrected chi connectivity index (χ0v) is 11.6. The zero-order valence-electron chi connectivity index (χ0n) is 6.09. The molecule has 10 heavy (non-hydrogen) atoms. The van der Waals surface area contributed by atoms with Crippen LogP contribution in [0.4, 0.5) is 0 Å². The first-order valence-electron chi connectivity index (χ1n) is 1.71. The molecule has 0 heterocycles. The largest absolute Gasteiger partial charge is 1.00 e. The molecule has 3 N–H and O–H groups in total. The van der Waals surface area contributed by atoms with Gasteiger partial charge in [0.1, 0.15) is 6.10 Å². The van der Waals surface area contributed by atoms with E-state index in [0.717, 1.165) is 0 Å². The van der Waals surface area contributed by atoms with Crippen LogP contribution in [0.25, 0.3) is 0 Å². The van der Waals surface area contributed by atoms with E-state index in [4.69, 9.17) is 15.3 Å². The van der Waals surface area contributed by atoms with E-state index in [0.29, 0.717) is 0 Å². The van der Waals surface area contributed by atoms with Gasteiger partial charge in [-0.05, 0) is 0 Å². The number of aliphatic hydroxyl groups is 3. The van der Waals surface area contributed by atoms with Crippen LogP contribution < -0.4 is 83.9 Å². The third kappa shape index (κ3) is 22.4. The molecule has 0 rings (SSSR count). The molecule has 54 valence electrons. The van der Waals surface area contributed by atoms with Crippen molar-refractivity contribution < 1.29 is 99.2 Å². The van der Waals surface area contributed by atoms with Gasteiger partial charge in [0, 0.05) is 0 Å². The fourth-order valence-corrected chi connectivity index (χ4v) is 0.0577. The summed E-state index contributed by atoms with van der Waals surface area (Å²) in [6, 6.07) is 0. The van der Waals surface area contributed by atoms with Gasteiger partial charge in [-0.15, -0.1) is 0 Å². The molecule has 0 saturated heterocycles. The van der Waals surface area contributed by atoms with E-state index in [2.05, 4.69) is 0 Å². The first-order chi connectivity index (χ1) is 2.81. The Balaban J connectivity index is -0.0000000208. The Morgan fingerprint density at radius 1 is 0.900 bits per heavy atom. The van der Waals surface area contributed by atoms with Gasteiger partial charge in [0.2, 0.25) is 0 Å². The molecule has 0 aliphatic carbocycles. The van der Waals surface area contributed by atoms with Crippen molar-refractivity contribution in [2.75, 3.05) is 13.2 Å². The number of halogens is 2. The molecule has 0 aliphatic heterocycles. The molecule has 3 nitrogen and oxygen atoms in total. The maximum Gasteiger partial charge on any atom is 1.00 e. The molecule has 0 unspecified atom stereocenters. The molecule has 0 atom stereocenters. The molecule has 0 amide bonds. The Hall–Kier alpha value is 2.46. The van der Waals surface area contributed by atoms with E-state index < -0.39 is 6.10 Å². The maximum atomic E-state index is 8.17. The van der Waals surface area contributed by atoms with Crippen LogP contribution in [0, 0.1) is 0 Å². The summed E-state index contributed by atoms with van der Waals surface area (Å²) in [5.74, 6) is 0. The second-order valence-electron chi connectivity index (χ2n) is 1.02. The maximum absolute atomic E-state index is 8.17. The molecular formula is C3H8Cl2Na2O3. The SMILES string of the molecule is OCC(O)CO.[Cl-].[Cl-].[Na+].[Na+]. The normalized spacial score (nSPS) is 6.00. The first-order valence-corrected chi connectivity index (χ1v) is 1.71. The molecule has 0 aromatic carbocycles. The predicted molar refractivity (Wildman–Crippen MR) is 20.2 cm³/mol. The summed E-state index contributed by atoms with van der Waals surface area (Å²) in [5, 5.41) is 24.0. The Labute approximate surface area is 117 Å². The average molecular weight is 209 g/mol. The Morgan fingerprint density at radius 3 is 1.10 bits per heavy atom. The van der Waals surface area contributed by atoms with Crippen LogP contribution in [0.1, 0.15) is 0 Å². The molecule has 0 bridgehead atoms. The topological polar surface area (TPSA) is 60.7 Å². The minimum absolute atomic E-state index is 0. The summed E-state index contributed by atoms with van der Waals surface area (Å²) < 4.78 is 0. The Bertz CT molecular complexity index is 38.9. The van der Waals surface area contributed by atoms with Gasteiger partial charge in [-0.3, -0.25) is 0 Å². The minimum Gasteiger partial charge on any atom is -1.00 e. The smallest absolute Gasteiger partial charge is 1.00 e. The van der Waals surface area contributed by atoms with Crippen LogP contribution in [0.2, 0.25) is 0 Å². The zero-order chi connectivity index (χ0) is 4.99. The molecule has 0 radical (unpaired) electrons. The molecule has 7 heteroatoms. The monoisotopic (exact) mass is 208 g/mol. The van der Waals surface area contributed by atoms with E-state index >= 15 is 0 Å². The van der Waals surface area contributed by atoms with Gasteiger partial charge >= 0.3 is 59.1 Å². The van der Waals surface area contributed by atoms with Crippen molar-refractivity contribution in [2.24, 2.45) is 0 Å². The number of rotatable bonds is 2. The van der Waals surface area contributed by atoms with Gasteiger partial charge < -0.3 is 40.1 Å². The van der Waals surface area contributed by atoms with Crippen molar-refractivity contribution in [1.29, 1.82) is 0 Å². The van der Waals surface area contributed by atoms with E-state index in [1.807, 2.05) is 0 Å². The van der Waals surface area contributed by atoms with E-state index in [1.54, 1.807) is 0 Å². The summed E-state index contributed by atoms with van der Waals surface area (Å²) in [7, 11) is 0. The quantitative estimate of drug-likeness (QED) is 0.396. The molecule has 0 aliphatic rings. The summed E-state index contributed by atoms with van der Waals surface area (Å²) in [4.78, 5) is 0. The number of hydrogen-bond acceptors (Lipinski definition) is 3. The fourth-order valence-electron chi connectivity index (χ4n) is 0.0577. The van der Waals surface area contributed by atoms with Crippen molar-refractivity contribution in [3.8, 4) is 0 Å². The molecule has 0 saturated carbocycles. The van der Waals surface area contributed by atoms with Crippen molar-refractivity contribution in [3.05, 3.63) is 0 Å². The van der Waals surface area contributed by atoms with Crippen LogP contribution in [0.5, 0.6) is 0 Å². The van der Waals surface area contributed by atoms with Gasteiger partial charge in [0.15, 0.2) is 0 Å². The van der Waals surface area contributed by atoms with E-state index in [9.17, 15) is 0 Å². The molecule has 0 aromatic heterocycles. The van der Waals surface area contributed by atoms with Crippen LogP contribution in [-0.4, -0.2) is 34.6 Å². The van der Waals surface area contributed by atoms with Gasteiger partial charge in [0.05, 0.1) is 13.2 Å². The van der Waals surface area contributed by atoms with Gasteiger partial charge in [-0.1, -0.05) is 0 Å². The molecule has 0 fully saturated rings. The third-order valence-electron chi connectivity index (χ3n) is 0.421. The number of aliphatic hydroxyl groups excluding tert-OH is 3. The summed E-state index contributed by atoms with van der Waals surface area (Å²) in [6.45, 7) is -0.729. The van der Waals surface area contributed by atoms with Crippen molar-refractivity contribution in [3.63, 3.8) is 0 Å². The van der Waals surface area contributed by atoms with Gasteiger partial charge in [0.25, 0.3) is 0 Å². The minimum atomic E-state index is -0.954. The second-order valence-corrected chi connectivity index (χ2v) is 1.02. The standard InChI is InChI=1S/C3H8O3.2ClH.2Na/c4-1-3(6)2-5;;;;/h3-6H,1-2H2;2*1H;;/q;;;2*+1/p-2. The van der Waals surface area contributed by atoms with Crippen LogP contribution >= 0.6 is 0 Å². The first kappa shape index (κ1) is 29.4. The predicted octanol–water partition coefficient (Wildman–Crippen LogP) is -13.7. The molecular weight excluding hydrogens is 201 g/mol.